The Bertz CT molecular complexity index is 651. The highest BCUT2D eigenvalue weighted by Crippen LogP contribution is 2.33. The standard InChI is InChI=1S/C16H18O.C6H10O3/c1-2-3-8-13-11-7-12-15(17)16(13)14-9-5-4-6-10-14;1(5-3-8-5)7-2-6-4-9-6/h4-7,9-12,17H,2-3,8H2,1H3;5-6H,1-4H2. The number of rotatable bonds is 8. The zero-order valence-electron chi connectivity index (χ0n) is 15.4. The van der Waals surface area contributed by atoms with Crippen LogP contribution in [0, 0.1) is 0 Å². The molecule has 4 heteroatoms. The molecule has 2 fully saturated rings. The molecule has 2 aromatic rings. The van der Waals surface area contributed by atoms with Gasteiger partial charge in [0.15, 0.2) is 0 Å². The molecule has 2 unspecified atom stereocenters. The summed E-state index contributed by atoms with van der Waals surface area (Å²) >= 11 is 0. The number of aromatic hydroxyl groups is 1. The smallest absolute Gasteiger partial charge is 0.123 e. The minimum absolute atomic E-state index is 0.379. The molecule has 4 nitrogen and oxygen atoms in total. The Morgan fingerprint density at radius 1 is 0.962 bits per heavy atom. The van der Waals surface area contributed by atoms with Gasteiger partial charge in [0.2, 0.25) is 0 Å². The number of phenols is 1. The van der Waals surface area contributed by atoms with Gasteiger partial charge in [0.25, 0.3) is 0 Å². The van der Waals surface area contributed by atoms with Crippen LogP contribution in [0.4, 0.5) is 0 Å². The van der Waals surface area contributed by atoms with E-state index in [1.807, 2.05) is 36.4 Å². The molecule has 2 heterocycles. The first-order valence-corrected chi connectivity index (χ1v) is 9.45. The molecular weight excluding hydrogens is 328 g/mol. The molecule has 1 N–H and O–H groups in total. The molecule has 0 radical (unpaired) electrons. The molecule has 0 amide bonds. The van der Waals surface area contributed by atoms with Crippen molar-refractivity contribution in [2.45, 2.75) is 38.4 Å². The number of epoxide rings is 2. The van der Waals surface area contributed by atoms with Gasteiger partial charge in [-0.25, -0.2) is 0 Å². The first kappa shape index (κ1) is 18.9. The summed E-state index contributed by atoms with van der Waals surface area (Å²) < 4.78 is 15.1. The van der Waals surface area contributed by atoms with Gasteiger partial charge in [-0.1, -0.05) is 55.8 Å². The van der Waals surface area contributed by atoms with Crippen LogP contribution < -0.4 is 0 Å². The van der Waals surface area contributed by atoms with E-state index in [-0.39, 0.29) is 0 Å². The summed E-state index contributed by atoms with van der Waals surface area (Å²) in [6.07, 6.45) is 4.13. The fraction of sp³-hybridized carbons (Fsp3) is 0.455. The minimum Gasteiger partial charge on any atom is -0.507 e. The topological polar surface area (TPSA) is 54.5 Å². The lowest BCUT2D eigenvalue weighted by Gasteiger charge is -2.11. The van der Waals surface area contributed by atoms with Gasteiger partial charge in [-0.15, -0.1) is 0 Å². The van der Waals surface area contributed by atoms with Crippen molar-refractivity contribution in [1.82, 2.24) is 0 Å². The van der Waals surface area contributed by atoms with Crippen LogP contribution in [-0.4, -0.2) is 43.7 Å². The zero-order valence-corrected chi connectivity index (χ0v) is 15.4. The predicted octanol–water partition coefficient (Wildman–Crippen LogP) is 4.20. The molecule has 26 heavy (non-hydrogen) atoms. The van der Waals surface area contributed by atoms with Crippen molar-refractivity contribution < 1.29 is 19.3 Å². The molecule has 0 aromatic heterocycles. The summed E-state index contributed by atoms with van der Waals surface area (Å²) in [4.78, 5) is 0. The van der Waals surface area contributed by atoms with E-state index in [0.29, 0.717) is 18.0 Å². The number of hydrogen-bond acceptors (Lipinski definition) is 4. The number of ether oxygens (including phenoxy) is 3. The SMILES string of the molecule is C(OCC1CO1)C1CO1.CCCCc1cccc(O)c1-c1ccccc1. The molecule has 140 valence electrons. The van der Waals surface area contributed by atoms with Crippen molar-refractivity contribution in [3.05, 3.63) is 54.1 Å². The number of aryl methyl sites for hydroxylation is 1. The Labute approximate surface area is 155 Å². The molecular formula is C22H28O4. The maximum atomic E-state index is 10.0. The second kappa shape index (κ2) is 9.72. The fourth-order valence-electron chi connectivity index (χ4n) is 2.76. The van der Waals surface area contributed by atoms with Crippen LogP contribution in [0.25, 0.3) is 11.1 Å². The van der Waals surface area contributed by atoms with Gasteiger partial charge >= 0.3 is 0 Å². The molecule has 0 saturated carbocycles. The van der Waals surface area contributed by atoms with Crippen molar-refractivity contribution in [2.75, 3.05) is 26.4 Å². The van der Waals surface area contributed by atoms with Gasteiger partial charge in [0.1, 0.15) is 18.0 Å². The fourth-order valence-corrected chi connectivity index (χ4v) is 2.76. The summed E-state index contributed by atoms with van der Waals surface area (Å²) in [5.74, 6) is 0.379. The van der Waals surface area contributed by atoms with E-state index < -0.39 is 0 Å². The Morgan fingerprint density at radius 3 is 2.19 bits per heavy atom. The van der Waals surface area contributed by atoms with E-state index in [1.54, 1.807) is 6.07 Å². The highest BCUT2D eigenvalue weighted by Gasteiger charge is 2.26. The Morgan fingerprint density at radius 2 is 1.62 bits per heavy atom. The van der Waals surface area contributed by atoms with Crippen LogP contribution in [0.15, 0.2) is 48.5 Å². The Balaban J connectivity index is 0.000000181. The highest BCUT2D eigenvalue weighted by atomic mass is 16.6. The van der Waals surface area contributed by atoms with E-state index in [4.69, 9.17) is 14.2 Å². The number of benzene rings is 2. The van der Waals surface area contributed by atoms with Gasteiger partial charge in [-0.05, 0) is 30.0 Å². The summed E-state index contributed by atoms with van der Waals surface area (Å²) in [6.45, 7) is 5.45. The molecule has 4 rings (SSSR count). The van der Waals surface area contributed by atoms with Crippen LogP contribution in [0.5, 0.6) is 5.75 Å². The predicted molar refractivity (Wildman–Crippen MR) is 102 cm³/mol. The summed E-state index contributed by atoms with van der Waals surface area (Å²) in [7, 11) is 0. The van der Waals surface area contributed by atoms with E-state index in [9.17, 15) is 5.11 Å². The van der Waals surface area contributed by atoms with E-state index in [0.717, 1.165) is 50.4 Å². The lowest BCUT2D eigenvalue weighted by Crippen LogP contribution is -2.06. The first-order chi connectivity index (χ1) is 12.8. The molecule has 2 saturated heterocycles. The normalized spacial score (nSPS) is 20.2. The van der Waals surface area contributed by atoms with Crippen molar-refractivity contribution in [2.24, 2.45) is 0 Å². The van der Waals surface area contributed by atoms with Gasteiger partial charge in [-0.3, -0.25) is 0 Å². The summed E-state index contributed by atoms with van der Waals surface area (Å²) in [6, 6.07) is 15.9. The summed E-state index contributed by atoms with van der Waals surface area (Å²) in [5, 5.41) is 10.0. The monoisotopic (exact) mass is 356 g/mol. The maximum absolute atomic E-state index is 10.0. The van der Waals surface area contributed by atoms with Gasteiger partial charge < -0.3 is 19.3 Å². The second-order valence-corrected chi connectivity index (χ2v) is 6.73. The third-order valence-electron chi connectivity index (χ3n) is 4.40. The van der Waals surface area contributed by atoms with E-state index >= 15 is 0 Å². The Kier molecular flexibility index (Phi) is 7.06. The molecule has 2 aliphatic rings. The van der Waals surface area contributed by atoms with Crippen LogP contribution in [0.2, 0.25) is 0 Å². The van der Waals surface area contributed by atoms with E-state index in [1.165, 1.54) is 12.0 Å². The molecule has 2 atom stereocenters. The van der Waals surface area contributed by atoms with Gasteiger partial charge in [0, 0.05) is 5.56 Å². The first-order valence-electron chi connectivity index (χ1n) is 9.45. The van der Waals surface area contributed by atoms with Crippen LogP contribution in [-0.2, 0) is 20.6 Å². The lowest BCUT2D eigenvalue weighted by atomic mass is 9.95. The summed E-state index contributed by atoms with van der Waals surface area (Å²) in [5.41, 5.74) is 3.32. The molecule has 2 aromatic carbocycles. The largest absolute Gasteiger partial charge is 0.507 e. The van der Waals surface area contributed by atoms with Gasteiger partial charge in [0.05, 0.1) is 26.4 Å². The van der Waals surface area contributed by atoms with Gasteiger partial charge in [-0.2, -0.15) is 0 Å². The number of hydrogen-bond donors (Lipinski definition) is 1. The van der Waals surface area contributed by atoms with Crippen molar-refractivity contribution >= 4 is 0 Å². The third kappa shape index (κ3) is 6.13. The average molecular weight is 356 g/mol. The number of phenolic OH excluding ortho intramolecular Hbond substituents is 1. The van der Waals surface area contributed by atoms with Crippen LogP contribution in [0.1, 0.15) is 25.3 Å². The van der Waals surface area contributed by atoms with Crippen molar-refractivity contribution in [3.63, 3.8) is 0 Å². The second-order valence-electron chi connectivity index (χ2n) is 6.73. The average Bonchev–Trinajstić information content (AvgIpc) is 3.57. The molecule has 2 aliphatic heterocycles. The van der Waals surface area contributed by atoms with Crippen molar-refractivity contribution in [3.8, 4) is 16.9 Å². The molecule has 0 bridgehead atoms. The van der Waals surface area contributed by atoms with Crippen molar-refractivity contribution in [1.29, 1.82) is 0 Å². The highest BCUT2D eigenvalue weighted by molar-refractivity contribution is 5.73. The van der Waals surface area contributed by atoms with Crippen LogP contribution in [0.3, 0.4) is 0 Å². The zero-order chi connectivity index (χ0) is 18.2. The quantitative estimate of drug-likeness (QED) is 0.720. The molecule has 0 aliphatic carbocycles. The number of unbranched alkanes of at least 4 members (excludes halogenated alkanes) is 1. The van der Waals surface area contributed by atoms with E-state index in [2.05, 4.69) is 13.0 Å². The third-order valence-corrected chi connectivity index (χ3v) is 4.40. The maximum Gasteiger partial charge on any atom is 0.123 e. The van der Waals surface area contributed by atoms with Crippen LogP contribution >= 0.6 is 0 Å². The molecule has 0 spiro atoms. The lowest BCUT2D eigenvalue weighted by molar-refractivity contribution is 0.102. The Hall–Kier alpha value is -1.88. The minimum atomic E-state index is 0.379.